The van der Waals surface area contributed by atoms with Crippen LogP contribution in [-0.4, -0.2) is 70.1 Å². The molecule has 4 heterocycles. The van der Waals surface area contributed by atoms with Crippen molar-refractivity contribution in [3.8, 4) is 23.0 Å². The van der Waals surface area contributed by atoms with Crippen LogP contribution in [0.3, 0.4) is 0 Å². The van der Waals surface area contributed by atoms with Gasteiger partial charge in [-0.3, -0.25) is 9.48 Å². The fourth-order valence-corrected chi connectivity index (χ4v) is 4.77. The highest BCUT2D eigenvalue weighted by molar-refractivity contribution is 5.88. The van der Waals surface area contributed by atoms with Crippen LogP contribution in [0.5, 0.6) is 0 Å². The predicted molar refractivity (Wildman–Crippen MR) is 139 cm³/mol. The number of carbonyl (C=O) groups excluding carboxylic acids is 1. The summed E-state index contributed by atoms with van der Waals surface area (Å²) in [6.07, 6.45) is 3.15. The van der Waals surface area contributed by atoms with E-state index in [-0.39, 0.29) is 5.91 Å². The van der Waals surface area contributed by atoms with Gasteiger partial charge in [0.2, 0.25) is 11.7 Å². The number of pyridine rings is 1. The van der Waals surface area contributed by atoms with Gasteiger partial charge in [-0.25, -0.2) is 4.98 Å². The van der Waals surface area contributed by atoms with Crippen molar-refractivity contribution in [1.29, 1.82) is 0 Å². The number of hydrogen-bond donors (Lipinski definition) is 1. The van der Waals surface area contributed by atoms with Crippen LogP contribution in [-0.2, 0) is 21.5 Å². The normalized spacial score (nSPS) is 14.9. The Labute approximate surface area is 215 Å². The molecule has 1 aliphatic rings. The number of aryl methyl sites for hydroxylation is 1. The van der Waals surface area contributed by atoms with Gasteiger partial charge >= 0.3 is 0 Å². The molecule has 0 saturated carbocycles. The third-order valence-corrected chi connectivity index (χ3v) is 6.90. The molecular weight excluding hydrogens is 470 g/mol. The summed E-state index contributed by atoms with van der Waals surface area (Å²) in [4.78, 5) is 23.7. The molecule has 0 aliphatic carbocycles. The molecule has 10 heteroatoms. The van der Waals surface area contributed by atoms with Crippen molar-refractivity contribution in [2.75, 3.05) is 39.7 Å². The van der Waals surface area contributed by atoms with Gasteiger partial charge in [0.1, 0.15) is 5.82 Å². The Hall–Kier alpha value is -4.05. The fourth-order valence-electron chi connectivity index (χ4n) is 4.77. The summed E-state index contributed by atoms with van der Waals surface area (Å²) in [5.74, 6) is 1.75. The zero-order valence-electron chi connectivity index (χ0n) is 21.6. The lowest BCUT2D eigenvalue weighted by Gasteiger charge is -2.38. The van der Waals surface area contributed by atoms with E-state index in [2.05, 4.69) is 25.5 Å². The van der Waals surface area contributed by atoms with Gasteiger partial charge in [0.05, 0.1) is 12.0 Å². The summed E-state index contributed by atoms with van der Waals surface area (Å²) in [6.45, 7) is 3.71. The van der Waals surface area contributed by atoms with E-state index in [0.717, 1.165) is 28.2 Å². The Kier molecular flexibility index (Phi) is 6.75. The molecule has 4 aromatic rings. The Morgan fingerprint density at radius 2 is 1.89 bits per heavy atom. The van der Waals surface area contributed by atoms with E-state index in [9.17, 15) is 4.79 Å². The van der Waals surface area contributed by atoms with Crippen LogP contribution in [0.2, 0.25) is 0 Å². The number of benzene rings is 1. The first-order valence-corrected chi connectivity index (χ1v) is 12.3. The molecular formula is C27H31N7O3. The van der Waals surface area contributed by atoms with Crippen LogP contribution in [0.15, 0.2) is 53.2 Å². The smallest absolute Gasteiger partial charge is 0.278 e. The van der Waals surface area contributed by atoms with Crippen LogP contribution in [0.25, 0.3) is 23.0 Å². The SMILES string of the molecule is CNc1ccc(Cn2nc(-c3nc(-c4ccc(C5(C(=O)N(C)C)CCOCC5)cc4)no3)cc2C)cn1. The van der Waals surface area contributed by atoms with E-state index in [1.807, 2.05) is 67.3 Å². The maximum atomic E-state index is 13.1. The van der Waals surface area contributed by atoms with Crippen LogP contribution in [0.1, 0.15) is 29.7 Å². The first-order valence-electron chi connectivity index (χ1n) is 12.3. The van der Waals surface area contributed by atoms with Crippen LogP contribution >= 0.6 is 0 Å². The lowest BCUT2D eigenvalue weighted by Crippen LogP contribution is -2.47. The molecule has 3 aromatic heterocycles. The van der Waals surface area contributed by atoms with Gasteiger partial charge in [-0.1, -0.05) is 35.5 Å². The average molecular weight is 502 g/mol. The van der Waals surface area contributed by atoms with Gasteiger partial charge in [0.15, 0.2) is 5.69 Å². The number of ether oxygens (including phenoxy) is 1. The van der Waals surface area contributed by atoms with E-state index < -0.39 is 5.41 Å². The maximum Gasteiger partial charge on any atom is 0.278 e. The second-order valence-electron chi connectivity index (χ2n) is 9.52. The zero-order chi connectivity index (χ0) is 26.0. The summed E-state index contributed by atoms with van der Waals surface area (Å²) in [5.41, 5.74) is 3.85. The molecule has 0 bridgehead atoms. The van der Waals surface area contributed by atoms with Gasteiger partial charge in [0.25, 0.3) is 5.89 Å². The number of nitrogens with one attached hydrogen (secondary N) is 1. The topological polar surface area (TPSA) is 111 Å². The number of carbonyl (C=O) groups is 1. The van der Waals surface area contributed by atoms with Crippen molar-refractivity contribution in [2.45, 2.75) is 31.7 Å². The Balaban J connectivity index is 1.35. The van der Waals surface area contributed by atoms with Crippen molar-refractivity contribution < 1.29 is 14.1 Å². The van der Waals surface area contributed by atoms with E-state index in [0.29, 0.717) is 50.0 Å². The monoisotopic (exact) mass is 501 g/mol. The first kappa shape index (κ1) is 24.6. The first-order chi connectivity index (χ1) is 17.9. The van der Waals surface area contributed by atoms with E-state index in [1.165, 1.54) is 0 Å². The van der Waals surface area contributed by atoms with Crippen molar-refractivity contribution in [3.05, 3.63) is 65.5 Å². The highest BCUT2D eigenvalue weighted by Crippen LogP contribution is 2.37. The molecule has 10 nitrogen and oxygen atoms in total. The molecule has 1 aliphatic heterocycles. The number of anilines is 1. The molecule has 1 fully saturated rings. The lowest BCUT2D eigenvalue weighted by atomic mass is 9.73. The molecule has 192 valence electrons. The quantitative estimate of drug-likeness (QED) is 0.409. The fraction of sp³-hybridized carbons (Fsp3) is 0.370. The van der Waals surface area contributed by atoms with Gasteiger partial charge in [0, 0.05) is 51.8 Å². The second-order valence-corrected chi connectivity index (χ2v) is 9.52. The minimum atomic E-state index is -0.573. The molecule has 1 N–H and O–H groups in total. The van der Waals surface area contributed by atoms with Gasteiger partial charge in [-0.2, -0.15) is 10.1 Å². The second kappa shape index (κ2) is 10.1. The number of likely N-dealkylation sites (N-methyl/N-ethyl adjacent to an activating group) is 1. The third-order valence-electron chi connectivity index (χ3n) is 6.90. The lowest BCUT2D eigenvalue weighted by molar-refractivity contribution is -0.138. The van der Waals surface area contributed by atoms with Crippen LogP contribution < -0.4 is 5.32 Å². The number of amides is 1. The summed E-state index contributed by atoms with van der Waals surface area (Å²) in [5, 5.41) is 11.9. The number of nitrogens with zero attached hydrogens (tertiary/aromatic N) is 6. The maximum absolute atomic E-state index is 13.1. The molecule has 1 amide bonds. The summed E-state index contributed by atoms with van der Waals surface area (Å²) in [6, 6.07) is 13.7. The number of aromatic nitrogens is 5. The molecule has 0 radical (unpaired) electrons. The third kappa shape index (κ3) is 4.84. The molecule has 1 saturated heterocycles. The molecule has 0 spiro atoms. The Morgan fingerprint density at radius 1 is 1.14 bits per heavy atom. The minimum absolute atomic E-state index is 0.102. The standard InChI is InChI=1S/C27H31N7O3/c1-18-15-22(31-34(18)17-19-5-10-23(28-2)29-16-19)25-30-24(32-37-25)20-6-8-21(9-7-20)27(26(35)33(3)4)11-13-36-14-12-27/h5-10,15-16H,11-14,17H2,1-4H3,(H,28,29). The van der Waals surface area contributed by atoms with E-state index in [1.54, 1.807) is 19.0 Å². The highest BCUT2D eigenvalue weighted by atomic mass is 16.5. The van der Waals surface area contributed by atoms with Crippen molar-refractivity contribution >= 4 is 11.7 Å². The number of hydrogen-bond acceptors (Lipinski definition) is 8. The predicted octanol–water partition coefficient (Wildman–Crippen LogP) is 3.53. The zero-order valence-corrected chi connectivity index (χ0v) is 21.6. The molecule has 0 atom stereocenters. The van der Waals surface area contributed by atoms with Gasteiger partial charge < -0.3 is 19.5 Å². The summed E-state index contributed by atoms with van der Waals surface area (Å²) in [7, 11) is 5.44. The number of rotatable bonds is 7. The summed E-state index contributed by atoms with van der Waals surface area (Å²) < 4.78 is 13.0. The molecule has 1 aromatic carbocycles. The van der Waals surface area contributed by atoms with Crippen molar-refractivity contribution in [2.24, 2.45) is 0 Å². The Bertz CT molecular complexity index is 1370. The largest absolute Gasteiger partial charge is 0.381 e. The van der Waals surface area contributed by atoms with Crippen LogP contribution in [0, 0.1) is 6.92 Å². The Morgan fingerprint density at radius 3 is 2.54 bits per heavy atom. The van der Waals surface area contributed by atoms with E-state index >= 15 is 0 Å². The minimum Gasteiger partial charge on any atom is -0.381 e. The van der Waals surface area contributed by atoms with Crippen molar-refractivity contribution in [1.82, 2.24) is 29.8 Å². The van der Waals surface area contributed by atoms with Gasteiger partial charge in [-0.05, 0) is 43.0 Å². The molecule has 0 unspecified atom stereocenters. The van der Waals surface area contributed by atoms with Crippen LogP contribution in [0.4, 0.5) is 5.82 Å². The molecule has 5 rings (SSSR count). The van der Waals surface area contributed by atoms with E-state index in [4.69, 9.17) is 9.26 Å². The average Bonchev–Trinajstić information content (AvgIpc) is 3.56. The van der Waals surface area contributed by atoms with Gasteiger partial charge in [-0.15, -0.1) is 0 Å². The molecule has 37 heavy (non-hydrogen) atoms. The van der Waals surface area contributed by atoms with Crippen molar-refractivity contribution in [3.63, 3.8) is 0 Å². The summed E-state index contributed by atoms with van der Waals surface area (Å²) >= 11 is 0. The highest BCUT2D eigenvalue weighted by Gasteiger charge is 2.42.